The highest BCUT2D eigenvalue weighted by Gasteiger charge is 2.18. The van der Waals surface area contributed by atoms with Crippen molar-refractivity contribution in [1.29, 1.82) is 0 Å². The second kappa shape index (κ2) is 6.31. The molecule has 1 aromatic heterocycles. The molecule has 18 heavy (non-hydrogen) atoms. The van der Waals surface area contributed by atoms with Gasteiger partial charge in [-0.1, -0.05) is 13.3 Å². The van der Waals surface area contributed by atoms with Gasteiger partial charge in [0, 0.05) is 18.0 Å². The highest BCUT2D eigenvalue weighted by Crippen LogP contribution is 2.21. The molecule has 0 radical (unpaired) electrons. The molecule has 1 heterocycles. The average Bonchev–Trinajstić information content (AvgIpc) is 2.60. The Morgan fingerprint density at radius 2 is 2.22 bits per heavy atom. The van der Waals surface area contributed by atoms with E-state index in [1.165, 1.54) is 11.3 Å². The van der Waals surface area contributed by atoms with E-state index in [1.807, 2.05) is 20.8 Å². The van der Waals surface area contributed by atoms with Gasteiger partial charge in [0.05, 0.1) is 5.60 Å². The van der Waals surface area contributed by atoms with Gasteiger partial charge in [-0.3, -0.25) is 0 Å². The van der Waals surface area contributed by atoms with Gasteiger partial charge in [0.2, 0.25) is 0 Å². The summed E-state index contributed by atoms with van der Waals surface area (Å²) in [5.74, 6) is -0.882. The van der Waals surface area contributed by atoms with Crippen LogP contribution in [0.3, 0.4) is 0 Å². The molecule has 0 bridgehead atoms. The topological polar surface area (TPSA) is 69.6 Å². The zero-order valence-electron chi connectivity index (χ0n) is 11.1. The number of carboxylic acid groups (broad SMARTS) is 1. The van der Waals surface area contributed by atoms with Crippen molar-refractivity contribution < 1.29 is 15.0 Å². The Balaban J connectivity index is 2.51. The molecule has 3 N–H and O–H groups in total. The van der Waals surface area contributed by atoms with Gasteiger partial charge < -0.3 is 15.5 Å². The van der Waals surface area contributed by atoms with E-state index in [2.05, 4.69) is 5.32 Å². The SMILES string of the molecule is CCCC(C)(O)CNCc1cc(C(=O)O)sc1C. The van der Waals surface area contributed by atoms with Crippen molar-refractivity contribution in [3.05, 3.63) is 21.4 Å². The van der Waals surface area contributed by atoms with Crippen LogP contribution in [0, 0.1) is 6.92 Å². The molecule has 5 heteroatoms. The second-order valence-electron chi connectivity index (χ2n) is 4.85. The molecular formula is C13H21NO3S. The molecule has 0 aliphatic rings. The first-order valence-corrected chi connectivity index (χ1v) is 6.93. The molecule has 0 saturated carbocycles. The van der Waals surface area contributed by atoms with Crippen LogP contribution in [0.25, 0.3) is 0 Å². The van der Waals surface area contributed by atoms with Crippen molar-refractivity contribution in [3.63, 3.8) is 0 Å². The standard InChI is InChI=1S/C13H21NO3S/c1-4-5-13(3,17)8-14-7-10-6-11(12(15)16)18-9(10)2/h6,14,17H,4-5,7-8H2,1-3H3,(H,15,16). The largest absolute Gasteiger partial charge is 0.477 e. The van der Waals surface area contributed by atoms with Gasteiger partial charge >= 0.3 is 5.97 Å². The lowest BCUT2D eigenvalue weighted by Crippen LogP contribution is -2.37. The summed E-state index contributed by atoms with van der Waals surface area (Å²) in [5, 5.41) is 22.1. The summed E-state index contributed by atoms with van der Waals surface area (Å²) in [6.45, 7) is 6.87. The first-order valence-electron chi connectivity index (χ1n) is 6.11. The highest BCUT2D eigenvalue weighted by molar-refractivity contribution is 7.14. The second-order valence-corrected chi connectivity index (χ2v) is 6.10. The van der Waals surface area contributed by atoms with Crippen molar-refractivity contribution in [2.45, 2.75) is 45.8 Å². The quantitative estimate of drug-likeness (QED) is 0.712. The number of rotatable bonds is 7. The van der Waals surface area contributed by atoms with Crippen molar-refractivity contribution in [2.75, 3.05) is 6.54 Å². The summed E-state index contributed by atoms with van der Waals surface area (Å²) in [5.41, 5.74) is 0.290. The van der Waals surface area contributed by atoms with Crippen molar-refractivity contribution in [2.24, 2.45) is 0 Å². The maximum atomic E-state index is 10.8. The highest BCUT2D eigenvalue weighted by atomic mass is 32.1. The van der Waals surface area contributed by atoms with Crippen LogP contribution in [0.5, 0.6) is 0 Å². The molecule has 1 unspecified atom stereocenters. The third-order valence-electron chi connectivity index (χ3n) is 2.84. The molecule has 0 fully saturated rings. The predicted molar refractivity (Wildman–Crippen MR) is 73.3 cm³/mol. The van der Waals surface area contributed by atoms with Gasteiger partial charge in [-0.15, -0.1) is 11.3 Å². The van der Waals surface area contributed by atoms with E-state index in [1.54, 1.807) is 6.07 Å². The molecule has 0 amide bonds. The molecule has 1 atom stereocenters. The lowest BCUT2D eigenvalue weighted by molar-refractivity contribution is 0.0497. The summed E-state index contributed by atoms with van der Waals surface area (Å²) in [6, 6.07) is 1.70. The summed E-state index contributed by atoms with van der Waals surface area (Å²) >= 11 is 1.29. The van der Waals surface area contributed by atoms with E-state index in [9.17, 15) is 9.90 Å². The fraction of sp³-hybridized carbons (Fsp3) is 0.615. The van der Waals surface area contributed by atoms with Crippen LogP contribution in [0.4, 0.5) is 0 Å². The third-order valence-corrected chi connectivity index (χ3v) is 3.92. The molecule has 1 aromatic rings. The molecule has 1 rings (SSSR count). The Morgan fingerprint density at radius 3 is 2.72 bits per heavy atom. The monoisotopic (exact) mass is 271 g/mol. The molecule has 4 nitrogen and oxygen atoms in total. The molecule has 0 spiro atoms. The summed E-state index contributed by atoms with van der Waals surface area (Å²) in [6.07, 6.45) is 1.69. The van der Waals surface area contributed by atoms with Gasteiger partial charge in [0.15, 0.2) is 0 Å². The van der Waals surface area contributed by atoms with Crippen LogP contribution in [0.1, 0.15) is 46.8 Å². The van der Waals surface area contributed by atoms with Crippen molar-refractivity contribution in [3.8, 4) is 0 Å². The normalized spacial score (nSPS) is 14.4. The van der Waals surface area contributed by atoms with E-state index < -0.39 is 11.6 Å². The number of nitrogens with one attached hydrogen (secondary N) is 1. The number of carboxylic acids is 1. The number of aromatic carboxylic acids is 1. The number of thiophene rings is 1. The minimum Gasteiger partial charge on any atom is -0.477 e. The van der Waals surface area contributed by atoms with E-state index >= 15 is 0 Å². The smallest absolute Gasteiger partial charge is 0.345 e. The first kappa shape index (κ1) is 15.1. The number of carbonyl (C=O) groups is 1. The van der Waals surface area contributed by atoms with Crippen LogP contribution >= 0.6 is 11.3 Å². The Labute approximate surface area is 112 Å². The average molecular weight is 271 g/mol. The molecule has 0 aliphatic heterocycles. The van der Waals surface area contributed by atoms with Crippen molar-refractivity contribution in [1.82, 2.24) is 5.32 Å². The Morgan fingerprint density at radius 1 is 1.56 bits per heavy atom. The van der Waals surface area contributed by atoms with Gasteiger partial charge in [-0.05, 0) is 31.9 Å². The molecule has 102 valence electrons. The van der Waals surface area contributed by atoms with Crippen LogP contribution in [-0.4, -0.2) is 28.3 Å². The van der Waals surface area contributed by atoms with Gasteiger partial charge in [0.25, 0.3) is 0 Å². The van der Waals surface area contributed by atoms with Crippen LogP contribution in [0.2, 0.25) is 0 Å². The molecule has 0 saturated heterocycles. The Kier molecular flexibility index (Phi) is 5.31. The van der Waals surface area contributed by atoms with Crippen LogP contribution < -0.4 is 5.32 Å². The predicted octanol–water partition coefficient (Wildman–Crippen LogP) is 2.40. The van der Waals surface area contributed by atoms with Crippen LogP contribution in [-0.2, 0) is 6.54 Å². The maximum Gasteiger partial charge on any atom is 0.345 e. The summed E-state index contributed by atoms with van der Waals surface area (Å²) < 4.78 is 0. The molecular weight excluding hydrogens is 250 g/mol. The third kappa shape index (κ3) is 4.40. The minimum atomic E-state index is -0.882. The van der Waals surface area contributed by atoms with E-state index in [4.69, 9.17) is 5.11 Å². The summed E-state index contributed by atoms with van der Waals surface area (Å²) in [4.78, 5) is 12.2. The maximum absolute atomic E-state index is 10.8. The number of aryl methyl sites for hydroxylation is 1. The molecule has 0 aromatic carbocycles. The summed E-state index contributed by atoms with van der Waals surface area (Å²) in [7, 11) is 0. The fourth-order valence-electron chi connectivity index (χ4n) is 1.89. The lowest BCUT2D eigenvalue weighted by atomic mass is 10.0. The van der Waals surface area contributed by atoms with E-state index in [-0.39, 0.29) is 0 Å². The molecule has 0 aliphatic carbocycles. The number of aliphatic hydroxyl groups is 1. The van der Waals surface area contributed by atoms with Crippen LogP contribution in [0.15, 0.2) is 6.07 Å². The minimum absolute atomic E-state index is 0.365. The zero-order valence-corrected chi connectivity index (χ0v) is 11.9. The Bertz CT molecular complexity index is 412. The Hall–Kier alpha value is -0.910. The van der Waals surface area contributed by atoms with E-state index in [0.717, 1.165) is 23.3 Å². The zero-order chi connectivity index (χ0) is 13.8. The first-order chi connectivity index (χ1) is 8.35. The number of hydrogen-bond donors (Lipinski definition) is 3. The van der Waals surface area contributed by atoms with E-state index in [0.29, 0.717) is 18.0 Å². The number of hydrogen-bond acceptors (Lipinski definition) is 4. The van der Waals surface area contributed by atoms with Crippen molar-refractivity contribution >= 4 is 17.3 Å². The van der Waals surface area contributed by atoms with Gasteiger partial charge in [-0.2, -0.15) is 0 Å². The lowest BCUT2D eigenvalue weighted by Gasteiger charge is -2.23. The van der Waals surface area contributed by atoms with Gasteiger partial charge in [0.1, 0.15) is 4.88 Å². The fourth-order valence-corrected chi connectivity index (χ4v) is 2.77. The van der Waals surface area contributed by atoms with Gasteiger partial charge in [-0.25, -0.2) is 4.79 Å².